The van der Waals surface area contributed by atoms with Crippen LogP contribution in [0.25, 0.3) is 0 Å². The number of carbonyl (C=O) groups excluding carboxylic acids is 2. The van der Waals surface area contributed by atoms with Crippen molar-refractivity contribution in [1.82, 2.24) is 5.32 Å². The molecule has 0 aromatic heterocycles. The van der Waals surface area contributed by atoms with Gasteiger partial charge in [-0.1, -0.05) is 13.8 Å². The highest BCUT2D eigenvalue weighted by atomic mass is 16.2. The summed E-state index contributed by atoms with van der Waals surface area (Å²) >= 11 is 0. The summed E-state index contributed by atoms with van der Waals surface area (Å²) in [5.74, 6) is -0.538. The first-order chi connectivity index (χ1) is 4.57. The van der Waals surface area contributed by atoms with Gasteiger partial charge >= 0.3 is 0 Å². The molecule has 0 aliphatic rings. The predicted molar refractivity (Wildman–Crippen MR) is 38.3 cm³/mol. The minimum absolute atomic E-state index is 0.0658. The SMILES string of the molecule is CCC(C)C(=O)NC(C)=O. The fourth-order valence-electron chi connectivity index (χ4n) is 0.482. The number of nitrogens with one attached hydrogen (secondary N) is 1. The van der Waals surface area contributed by atoms with E-state index in [1.807, 2.05) is 6.92 Å². The van der Waals surface area contributed by atoms with E-state index in [2.05, 4.69) is 5.32 Å². The molecule has 0 aliphatic heterocycles. The second-order valence-electron chi connectivity index (χ2n) is 2.35. The van der Waals surface area contributed by atoms with Gasteiger partial charge in [-0.2, -0.15) is 0 Å². The fraction of sp³-hybridized carbons (Fsp3) is 0.714. The van der Waals surface area contributed by atoms with Gasteiger partial charge in [-0.3, -0.25) is 14.9 Å². The topological polar surface area (TPSA) is 46.2 Å². The van der Waals surface area contributed by atoms with Crippen molar-refractivity contribution in [2.45, 2.75) is 27.2 Å². The Bertz CT molecular complexity index is 143. The largest absolute Gasteiger partial charge is 0.296 e. The molecule has 58 valence electrons. The lowest BCUT2D eigenvalue weighted by Gasteiger charge is -2.05. The van der Waals surface area contributed by atoms with Crippen LogP contribution in [0.1, 0.15) is 27.2 Å². The number of rotatable bonds is 2. The zero-order chi connectivity index (χ0) is 8.15. The molecule has 0 spiro atoms. The molecule has 0 rings (SSSR count). The minimum Gasteiger partial charge on any atom is -0.296 e. The lowest BCUT2D eigenvalue weighted by molar-refractivity contribution is -0.131. The zero-order valence-electron chi connectivity index (χ0n) is 6.60. The molecule has 0 aromatic rings. The van der Waals surface area contributed by atoms with Gasteiger partial charge in [-0.15, -0.1) is 0 Å². The molecule has 3 nitrogen and oxygen atoms in total. The number of carbonyl (C=O) groups is 2. The molecule has 2 amide bonds. The quantitative estimate of drug-likeness (QED) is 0.618. The summed E-state index contributed by atoms with van der Waals surface area (Å²) in [6.45, 7) is 5.03. The first-order valence-electron chi connectivity index (χ1n) is 3.39. The molecular weight excluding hydrogens is 130 g/mol. The van der Waals surface area contributed by atoms with Gasteiger partial charge in [0.2, 0.25) is 11.8 Å². The maximum Gasteiger partial charge on any atom is 0.229 e. The Morgan fingerprint density at radius 2 is 2.00 bits per heavy atom. The van der Waals surface area contributed by atoms with Gasteiger partial charge in [0.15, 0.2) is 0 Å². The van der Waals surface area contributed by atoms with Crippen LogP contribution in [0.3, 0.4) is 0 Å². The molecular formula is C7H13NO2. The number of imide groups is 1. The molecule has 0 saturated heterocycles. The van der Waals surface area contributed by atoms with Gasteiger partial charge in [0.1, 0.15) is 0 Å². The van der Waals surface area contributed by atoms with Gasteiger partial charge in [0.25, 0.3) is 0 Å². The summed E-state index contributed by atoms with van der Waals surface area (Å²) in [6, 6.07) is 0. The molecule has 1 N–H and O–H groups in total. The van der Waals surface area contributed by atoms with Crippen LogP contribution in [0, 0.1) is 5.92 Å². The smallest absolute Gasteiger partial charge is 0.229 e. The van der Waals surface area contributed by atoms with Crippen molar-refractivity contribution in [3.63, 3.8) is 0 Å². The second-order valence-corrected chi connectivity index (χ2v) is 2.35. The van der Waals surface area contributed by atoms with Gasteiger partial charge in [-0.25, -0.2) is 0 Å². The molecule has 1 atom stereocenters. The third-order valence-corrected chi connectivity index (χ3v) is 1.36. The first kappa shape index (κ1) is 9.14. The van der Waals surface area contributed by atoms with Crippen LogP contribution < -0.4 is 5.32 Å². The Morgan fingerprint density at radius 1 is 1.50 bits per heavy atom. The van der Waals surface area contributed by atoms with E-state index in [4.69, 9.17) is 0 Å². The highest BCUT2D eigenvalue weighted by molar-refractivity contribution is 5.94. The first-order valence-corrected chi connectivity index (χ1v) is 3.39. The molecule has 10 heavy (non-hydrogen) atoms. The highest BCUT2D eigenvalue weighted by Gasteiger charge is 2.10. The monoisotopic (exact) mass is 143 g/mol. The Kier molecular flexibility index (Phi) is 3.69. The van der Waals surface area contributed by atoms with Crippen molar-refractivity contribution < 1.29 is 9.59 Å². The van der Waals surface area contributed by atoms with Crippen LogP contribution in [0.4, 0.5) is 0 Å². The molecule has 0 heterocycles. The van der Waals surface area contributed by atoms with E-state index in [9.17, 15) is 9.59 Å². The fourth-order valence-corrected chi connectivity index (χ4v) is 0.482. The molecule has 1 unspecified atom stereocenters. The second kappa shape index (κ2) is 4.04. The summed E-state index contributed by atoms with van der Waals surface area (Å²) in [5, 5.41) is 2.22. The average molecular weight is 143 g/mol. The van der Waals surface area contributed by atoms with E-state index >= 15 is 0 Å². The number of hydrogen-bond donors (Lipinski definition) is 1. The zero-order valence-corrected chi connectivity index (χ0v) is 6.60. The number of hydrogen-bond acceptors (Lipinski definition) is 2. The third-order valence-electron chi connectivity index (χ3n) is 1.36. The van der Waals surface area contributed by atoms with Gasteiger partial charge in [0, 0.05) is 12.8 Å². The lowest BCUT2D eigenvalue weighted by Crippen LogP contribution is -2.32. The van der Waals surface area contributed by atoms with E-state index in [1.54, 1.807) is 6.92 Å². The van der Waals surface area contributed by atoms with Crippen LogP contribution in [0.15, 0.2) is 0 Å². The van der Waals surface area contributed by atoms with Gasteiger partial charge < -0.3 is 0 Å². The molecule has 0 aromatic carbocycles. The van der Waals surface area contributed by atoms with Crippen molar-refractivity contribution in [1.29, 1.82) is 0 Å². The van der Waals surface area contributed by atoms with Crippen molar-refractivity contribution >= 4 is 11.8 Å². The van der Waals surface area contributed by atoms with Crippen LogP contribution in [-0.2, 0) is 9.59 Å². The van der Waals surface area contributed by atoms with Crippen LogP contribution in [-0.4, -0.2) is 11.8 Å². The van der Waals surface area contributed by atoms with Crippen LogP contribution in [0.2, 0.25) is 0 Å². The Labute approximate surface area is 60.8 Å². The molecule has 0 aliphatic carbocycles. The molecule has 0 bridgehead atoms. The van der Waals surface area contributed by atoms with Crippen molar-refractivity contribution in [2.24, 2.45) is 5.92 Å². The van der Waals surface area contributed by atoms with Crippen molar-refractivity contribution in [3.8, 4) is 0 Å². The van der Waals surface area contributed by atoms with Crippen LogP contribution >= 0.6 is 0 Å². The Hall–Kier alpha value is -0.860. The minimum atomic E-state index is -0.287. The Balaban J connectivity index is 3.73. The summed E-state index contributed by atoms with van der Waals surface area (Å²) < 4.78 is 0. The summed E-state index contributed by atoms with van der Waals surface area (Å²) in [5.41, 5.74) is 0. The van der Waals surface area contributed by atoms with E-state index in [0.29, 0.717) is 0 Å². The van der Waals surface area contributed by atoms with E-state index in [1.165, 1.54) is 6.92 Å². The van der Waals surface area contributed by atoms with Gasteiger partial charge in [0.05, 0.1) is 0 Å². The molecule has 3 heteroatoms. The summed E-state index contributed by atoms with van der Waals surface area (Å²) in [4.78, 5) is 21.2. The highest BCUT2D eigenvalue weighted by Crippen LogP contribution is 1.98. The van der Waals surface area contributed by atoms with Gasteiger partial charge in [-0.05, 0) is 6.42 Å². The molecule has 0 fully saturated rings. The summed E-state index contributed by atoms with van der Waals surface area (Å²) in [6.07, 6.45) is 0.763. The normalized spacial score (nSPS) is 12.3. The van der Waals surface area contributed by atoms with Crippen molar-refractivity contribution in [2.75, 3.05) is 0 Å². The lowest BCUT2D eigenvalue weighted by atomic mass is 10.1. The maximum atomic E-state index is 10.9. The van der Waals surface area contributed by atoms with E-state index in [0.717, 1.165) is 6.42 Å². The molecule has 0 saturated carbocycles. The number of amides is 2. The molecule has 0 radical (unpaired) electrons. The predicted octanol–water partition coefficient (Wildman–Crippen LogP) is 0.695. The Morgan fingerprint density at radius 3 is 2.30 bits per heavy atom. The standard InChI is InChI=1S/C7H13NO2/c1-4-5(2)7(10)8-6(3)9/h5H,4H2,1-3H3,(H,8,9,10). The van der Waals surface area contributed by atoms with E-state index in [-0.39, 0.29) is 17.7 Å². The van der Waals surface area contributed by atoms with E-state index < -0.39 is 0 Å². The summed E-state index contributed by atoms with van der Waals surface area (Å²) in [7, 11) is 0. The van der Waals surface area contributed by atoms with Crippen molar-refractivity contribution in [3.05, 3.63) is 0 Å². The average Bonchev–Trinajstić information content (AvgIpc) is 1.85. The maximum absolute atomic E-state index is 10.9. The van der Waals surface area contributed by atoms with Crippen LogP contribution in [0.5, 0.6) is 0 Å². The third kappa shape index (κ3) is 3.22.